The van der Waals surface area contributed by atoms with Crippen molar-refractivity contribution >= 4 is 33.5 Å². The minimum Gasteiger partial charge on any atom is -0.496 e. The molecule has 0 heterocycles. The van der Waals surface area contributed by atoms with Crippen LogP contribution < -0.4 is 10.1 Å². The normalized spacial score (nSPS) is 21.2. The first kappa shape index (κ1) is 12.9. The molecule has 5 nitrogen and oxygen atoms in total. The maximum atomic E-state index is 11.7. The SMILES string of the molecule is COc1ccc(NC(=O)C2CC2C(=O)O)cc1Br. The molecule has 0 saturated heterocycles. The fourth-order valence-electron chi connectivity index (χ4n) is 1.74. The number of hydrogen-bond acceptors (Lipinski definition) is 3. The Labute approximate surface area is 112 Å². The first-order chi connectivity index (χ1) is 8.52. The van der Waals surface area contributed by atoms with Gasteiger partial charge in [-0.1, -0.05) is 0 Å². The topological polar surface area (TPSA) is 75.6 Å². The zero-order valence-electron chi connectivity index (χ0n) is 9.64. The minimum atomic E-state index is -0.911. The van der Waals surface area contributed by atoms with Crippen molar-refractivity contribution < 1.29 is 19.4 Å². The standard InChI is InChI=1S/C12H12BrNO4/c1-18-10-3-2-6(4-9(10)13)14-11(15)7-5-8(7)12(16)17/h2-4,7-8H,5H2,1H3,(H,14,15)(H,16,17). The van der Waals surface area contributed by atoms with Gasteiger partial charge >= 0.3 is 5.97 Å². The van der Waals surface area contributed by atoms with E-state index in [-0.39, 0.29) is 5.91 Å². The number of halogens is 1. The number of amides is 1. The molecule has 0 bridgehead atoms. The Bertz CT molecular complexity index is 503. The lowest BCUT2D eigenvalue weighted by Gasteiger charge is -2.07. The van der Waals surface area contributed by atoms with Crippen molar-refractivity contribution in [3.8, 4) is 5.75 Å². The predicted molar refractivity (Wildman–Crippen MR) is 68.6 cm³/mol. The number of rotatable bonds is 4. The van der Waals surface area contributed by atoms with Crippen LogP contribution in [0.5, 0.6) is 5.75 Å². The third kappa shape index (κ3) is 2.64. The first-order valence-electron chi connectivity index (χ1n) is 5.40. The van der Waals surface area contributed by atoms with Crippen molar-refractivity contribution in [1.29, 1.82) is 0 Å². The maximum absolute atomic E-state index is 11.7. The third-order valence-electron chi connectivity index (χ3n) is 2.86. The van der Waals surface area contributed by atoms with Gasteiger partial charge in [0, 0.05) is 5.69 Å². The molecule has 1 aromatic rings. The van der Waals surface area contributed by atoms with Crippen molar-refractivity contribution in [2.24, 2.45) is 11.8 Å². The first-order valence-corrected chi connectivity index (χ1v) is 6.19. The second-order valence-corrected chi connectivity index (χ2v) is 4.98. The number of nitrogens with one attached hydrogen (secondary N) is 1. The van der Waals surface area contributed by atoms with E-state index in [4.69, 9.17) is 9.84 Å². The van der Waals surface area contributed by atoms with Crippen molar-refractivity contribution in [1.82, 2.24) is 0 Å². The van der Waals surface area contributed by atoms with Crippen molar-refractivity contribution in [3.05, 3.63) is 22.7 Å². The predicted octanol–water partition coefficient (Wildman–Crippen LogP) is 2.12. The summed E-state index contributed by atoms with van der Waals surface area (Å²) in [6, 6.07) is 5.15. The number of carbonyl (C=O) groups is 2. The minimum absolute atomic E-state index is 0.250. The fraction of sp³-hybridized carbons (Fsp3) is 0.333. The van der Waals surface area contributed by atoms with Crippen LogP contribution in [0.25, 0.3) is 0 Å². The van der Waals surface area contributed by atoms with E-state index in [9.17, 15) is 9.59 Å². The van der Waals surface area contributed by atoms with E-state index in [1.165, 1.54) is 0 Å². The van der Waals surface area contributed by atoms with Crippen LogP contribution in [0, 0.1) is 11.8 Å². The van der Waals surface area contributed by atoms with Crippen LogP contribution >= 0.6 is 15.9 Å². The molecule has 18 heavy (non-hydrogen) atoms. The molecule has 6 heteroatoms. The average molecular weight is 314 g/mol. The third-order valence-corrected chi connectivity index (χ3v) is 3.48. The van der Waals surface area contributed by atoms with Crippen LogP contribution in [0.15, 0.2) is 22.7 Å². The van der Waals surface area contributed by atoms with Gasteiger partial charge in [-0.15, -0.1) is 0 Å². The Balaban J connectivity index is 2.00. The number of carbonyl (C=O) groups excluding carboxylic acids is 1. The molecule has 2 atom stereocenters. The van der Waals surface area contributed by atoms with E-state index < -0.39 is 17.8 Å². The lowest BCUT2D eigenvalue weighted by molar-refractivity contribution is -0.139. The summed E-state index contributed by atoms with van der Waals surface area (Å²) in [4.78, 5) is 22.4. The highest BCUT2D eigenvalue weighted by Gasteiger charge is 2.48. The van der Waals surface area contributed by atoms with Gasteiger partial charge in [-0.2, -0.15) is 0 Å². The van der Waals surface area contributed by atoms with Gasteiger partial charge in [-0.25, -0.2) is 0 Å². The van der Waals surface area contributed by atoms with E-state index in [1.54, 1.807) is 25.3 Å². The van der Waals surface area contributed by atoms with Crippen LogP contribution in [0.4, 0.5) is 5.69 Å². The Morgan fingerprint density at radius 1 is 1.44 bits per heavy atom. The molecule has 96 valence electrons. The van der Waals surface area contributed by atoms with E-state index in [1.807, 2.05) is 0 Å². The zero-order valence-corrected chi connectivity index (χ0v) is 11.2. The molecule has 0 spiro atoms. The summed E-state index contributed by atoms with van der Waals surface area (Å²) in [5, 5.41) is 11.4. The molecule has 2 unspecified atom stereocenters. The number of hydrogen-bond donors (Lipinski definition) is 2. The van der Waals surface area contributed by atoms with Gasteiger partial charge in [-0.3, -0.25) is 9.59 Å². The lowest BCUT2D eigenvalue weighted by atomic mass is 10.2. The molecule has 1 aromatic carbocycles. The van der Waals surface area contributed by atoms with Gasteiger partial charge in [0.15, 0.2) is 0 Å². The second kappa shape index (κ2) is 4.97. The number of carboxylic acids is 1. The fourth-order valence-corrected chi connectivity index (χ4v) is 2.28. The Morgan fingerprint density at radius 2 is 2.17 bits per heavy atom. The van der Waals surface area contributed by atoms with Crippen molar-refractivity contribution in [3.63, 3.8) is 0 Å². The molecule has 1 saturated carbocycles. The second-order valence-electron chi connectivity index (χ2n) is 4.13. The van der Waals surface area contributed by atoms with Crippen LogP contribution in [-0.2, 0) is 9.59 Å². The zero-order chi connectivity index (χ0) is 13.3. The molecule has 0 aromatic heterocycles. The number of anilines is 1. The number of methoxy groups -OCH3 is 1. The highest BCUT2D eigenvalue weighted by molar-refractivity contribution is 9.10. The molecule has 1 amide bonds. The summed E-state index contributed by atoms with van der Waals surface area (Å²) in [7, 11) is 1.56. The summed E-state index contributed by atoms with van der Waals surface area (Å²) in [5.74, 6) is -1.44. The quantitative estimate of drug-likeness (QED) is 0.892. The number of ether oxygens (including phenoxy) is 1. The monoisotopic (exact) mass is 313 g/mol. The van der Waals surface area contributed by atoms with Gasteiger partial charge in [-0.05, 0) is 40.5 Å². The maximum Gasteiger partial charge on any atom is 0.307 e. The van der Waals surface area contributed by atoms with E-state index in [0.29, 0.717) is 17.9 Å². The summed E-state index contributed by atoms with van der Waals surface area (Å²) in [6.45, 7) is 0. The summed E-state index contributed by atoms with van der Waals surface area (Å²) in [6.07, 6.45) is 0.415. The molecular formula is C12H12BrNO4. The average Bonchev–Trinajstić information content (AvgIpc) is 3.09. The molecular weight excluding hydrogens is 302 g/mol. The van der Waals surface area contributed by atoms with Crippen LogP contribution in [0.3, 0.4) is 0 Å². The summed E-state index contributed by atoms with van der Waals surface area (Å²) >= 11 is 3.31. The number of aliphatic carboxylic acids is 1. The lowest BCUT2D eigenvalue weighted by Crippen LogP contribution is -2.16. The van der Waals surface area contributed by atoms with E-state index in [0.717, 1.165) is 4.47 Å². The van der Waals surface area contributed by atoms with E-state index in [2.05, 4.69) is 21.2 Å². The Morgan fingerprint density at radius 3 is 2.67 bits per heavy atom. The highest BCUT2D eigenvalue weighted by atomic mass is 79.9. The van der Waals surface area contributed by atoms with Crippen LogP contribution in [0.2, 0.25) is 0 Å². The molecule has 1 fully saturated rings. The van der Waals surface area contributed by atoms with Gasteiger partial charge in [0.2, 0.25) is 5.91 Å². The van der Waals surface area contributed by atoms with Crippen molar-refractivity contribution in [2.75, 3.05) is 12.4 Å². The van der Waals surface area contributed by atoms with E-state index >= 15 is 0 Å². The molecule has 0 aliphatic heterocycles. The summed E-state index contributed by atoms with van der Waals surface area (Å²) in [5.41, 5.74) is 0.615. The molecule has 2 N–H and O–H groups in total. The Hall–Kier alpha value is -1.56. The highest BCUT2D eigenvalue weighted by Crippen LogP contribution is 2.39. The summed E-state index contributed by atoms with van der Waals surface area (Å²) < 4.78 is 5.81. The largest absolute Gasteiger partial charge is 0.496 e. The number of benzene rings is 1. The Kier molecular flexibility index (Phi) is 3.56. The molecule has 2 rings (SSSR count). The van der Waals surface area contributed by atoms with Gasteiger partial charge in [0.1, 0.15) is 5.75 Å². The molecule has 1 aliphatic carbocycles. The van der Waals surface area contributed by atoms with Gasteiger partial charge in [0.05, 0.1) is 23.4 Å². The number of carboxylic acid groups (broad SMARTS) is 1. The smallest absolute Gasteiger partial charge is 0.307 e. The van der Waals surface area contributed by atoms with Crippen LogP contribution in [0.1, 0.15) is 6.42 Å². The van der Waals surface area contributed by atoms with Gasteiger partial charge < -0.3 is 15.2 Å². The van der Waals surface area contributed by atoms with Crippen LogP contribution in [-0.4, -0.2) is 24.1 Å². The van der Waals surface area contributed by atoms with Gasteiger partial charge in [0.25, 0.3) is 0 Å². The van der Waals surface area contributed by atoms with Crippen molar-refractivity contribution in [2.45, 2.75) is 6.42 Å². The molecule has 0 radical (unpaired) electrons. The molecule has 1 aliphatic rings.